The Balaban J connectivity index is 1.73. The van der Waals surface area contributed by atoms with Gasteiger partial charge in [-0.2, -0.15) is 5.26 Å². The van der Waals surface area contributed by atoms with Crippen LogP contribution in [0, 0.1) is 39.2 Å². The number of nitriles is 1. The van der Waals surface area contributed by atoms with E-state index in [1.54, 1.807) is 6.07 Å². The second-order valence-electron chi connectivity index (χ2n) is 5.92. The highest BCUT2D eigenvalue weighted by Crippen LogP contribution is 2.48. The van der Waals surface area contributed by atoms with Gasteiger partial charge >= 0.3 is 0 Å². The molecular formula is C15H17N3O2. The summed E-state index contributed by atoms with van der Waals surface area (Å²) in [5, 5.41) is 23.1. The minimum atomic E-state index is -0.399. The standard InChI is InChI=1S/C15H17N3O2/c16-8-11-2-4-15(18(19)20)14(7-11)17-9-13-6-10-1-3-12(13)5-10/h2,4,7,10,12-13,17H,1,3,5-6,9H2. The van der Waals surface area contributed by atoms with Gasteiger partial charge in [0, 0.05) is 12.6 Å². The molecule has 0 aliphatic heterocycles. The summed E-state index contributed by atoms with van der Waals surface area (Å²) < 4.78 is 0. The molecule has 2 saturated carbocycles. The number of nitro benzene ring substituents is 1. The van der Waals surface area contributed by atoms with Crippen molar-refractivity contribution in [3.8, 4) is 6.07 Å². The van der Waals surface area contributed by atoms with Gasteiger partial charge in [-0.1, -0.05) is 6.42 Å². The van der Waals surface area contributed by atoms with E-state index in [2.05, 4.69) is 5.32 Å². The van der Waals surface area contributed by atoms with Gasteiger partial charge in [0.15, 0.2) is 0 Å². The fraction of sp³-hybridized carbons (Fsp3) is 0.533. The second-order valence-corrected chi connectivity index (χ2v) is 5.92. The average Bonchev–Trinajstić information content (AvgIpc) is 3.07. The number of nitro groups is 1. The van der Waals surface area contributed by atoms with Gasteiger partial charge in [0.25, 0.3) is 5.69 Å². The number of hydrogen-bond donors (Lipinski definition) is 1. The Bertz CT molecular complexity index is 579. The molecule has 1 aromatic rings. The number of anilines is 1. The molecule has 0 heterocycles. The maximum atomic E-state index is 11.0. The number of nitrogens with zero attached hydrogens (tertiary/aromatic N) is 2. The van der Waals surface area contributed by atoms with E-state index in [0.717, 1.165) is 18.4 Å². The Hall–Kier alpha value is -2.09. The third-order valence-electron chi connectivity index (χ3n) is 4.76. The van der Waals surface area contributed by atoms with Crippen molar-refractivity contribution in [2.75, 3.05) is 11.9 Å². The van der Waals surface area contributed by atoms with Crippen LogP contribution < -0.4 is 5.32 Å². The number of benzene rings is 1. The average molecular weight is 271 g/mol. The minimum Gasteiger partial charge on any atom is -0.379 e. The van der Waals surface area contributed by atoms with Crippen LogP contribution in [0.4, 0.5) is 11.4 Å². The van der Waals surface area contributed by atoms with Crippen LogP contribution >= 0.6 is 0 Å². The lowest BCUT2D eigenvalue weighted by molar-refractivity contribution is -0.384. The number of rotatable bonds is 4. The monoisotopic (exact) mass is 271 g/mol. The Kier molecular flexibility index (Phi) is 3.31. The fourth-order valence-electron chi connectivity index (χ4n) is 3.77. The van der Waals surface area contributed by atoms with Crippen molar-refractivity contribution in [2.24, 2.45) is 17.8 Å². The molecule has 3 unspecified atom stereocenters. The smallest absolute Gasteiger partial charge is 0.292 e. The highest BCUT2D eigenvalue weighted by molar-refractivity contribution is 5.64. The maximum Gasteiger partial charge on any atom is 0.292 e. The summed E-state index contributed by atoms with van der Waals surface area (Å²) in [5.74, 6) is 2.28. The van der Waals surface area contributed by atoms with Gasteiger partial charge in [-0.05, 0) is 49.1 Å². The molecule has 104 valence electrons. The third kappa shape index (κ3) is 2.34. The molecule has 1 N–H and O–H groups in total. The zero-order valence-corrected chi connectivity index (χ0v) is 11.2. The first-order chi connectivity index (χ1) is 9.67. The third-order valence-corrected chi connectivity index (χ3v) is 4.76. The largest absolute Gasteiger partial charge is 0.379 e. The quantitative estimate of drug-likeness (QED) is 0.673. The topological polar surface area (TPSA) is 79.0 Å². The van der Waals surface area contributed by atoms with Gasteiger partial charge in [-0.15, -0.1) is 0 Å². The Morgan fingerprint density at radius 2 is 2.25 bits per heavy atom. The summed E-state index contributed by atoms with van der Waals surface area (Å²) in [6.45, 7) is 0.775. The molecule has 1 aromatic carbocycles. The summed E-state index contributed by atoms with van der Waals surface area (Å²) in [6.07, 6.45) is 5.22. The van der Waals surface area contributed by atoms with Crippen molar-refractivity contribution in [2.45, 2.75) is 25.7 Å². The summed E-state index contributed by atoms with van der Waals surface area (Å²) >= 11 is 0. The van der Waals surface area contributed by atoms with Crippen LogP contribution in [0.1, 0.15) is 31.2 Å². The van der Waals surface area contributed by atoms with Crippen LogP contribution in [0.5, 0.6) is 0 Å². The van der Waals surface area contributed by atoms with Gasteiger partial charge in [-0.3, -0.25) is 10.1 Å². The lowest BCUT2D eigenvalue weighted by Gasteiger charge is -2.22. The lowest BCUT2D eigenvalue weighted by atomic mass is 9.89. The normalized spacial score (nSPS) is 27.2. The van der Waals surface area contributed by atoms with Gasteiger partial charge in [0.1, 0.15) is 5.69 Å². The molecule has 5 heteroatoms. The van der Waals surface area contributed by atoms with E-state index in [9.17, 15) is 10.1 Å². The molecular weight excluding hydrogens is 254 g/mol. The van der Waals surface area contributed by atoms with Crippen molar-refractivity contribution in [1.29, 1.82) is 5.26 Å². The van der Waals surface area contributed by atoms with E-state index in [1.165, 1.54) is 37.8 Å². The first-order valence-electron chi connectivity index (χ1n) is 7.10. The Morgan fingerprint density at radius 3 is 2.85 bits per heavy atom. The first kappa shape index (κ1) is 12.9. The molecule has 2 aliphatic rings. The van der Waals surface area contributed by atoms with Gasteiger partial charge in [0.05, 0.1) is 16.6 Å². The van der Waals surface area contributed by atoms with Crippen molar-refractivity contribution < 1.29 is 4.92 Å². The summed E-state index contributed by atoms with van der Waals surface area (Å²) in [6, 6.07) is 6.49. The molecule has 20 heavy (non-hydrogen) atoms. The molecule has 0 radical (unpaired) electrons. The van der Waals surface area contributed by atoms with Crippen LogP contribution in [-0.4, -0.2) is 11.5 Å². The zero-order valence-electron chi connectivity index (χ0n) is 11.2. The lowest BCUT2D eigenvalue weighted by Crippen LogP contribution is -2.20. The van der Waals surface area contributed by atoms with Crippen molar-refractivity contribution in [3.63, 3.8) is 0 Å². The molecule has 0 saturated heterocycles. The molecule has 2 bridgehead atoms. The maximum absolute atomic E-state index is 11.0. The summed E-state index contributed by atoms with van der Waals surface area (Å²) in [4.78, 5) is 10.6. The molecule has 3 rings (SSSR count). The van der Waals surface area contributed by atoms with Crippen molar-refractivity contribution in [1.82, 2.24) is 0 Å². The SMILES string of the molecule is N#Cc1ccc([N+](=O)[O-])c(NCC2CC3CCC2C3)c1. The van der Waals surface area contributed by atoms with Crippen LogP contribution in [0.3, 0.4) is 0 Å². The van der Waals surface area contributed by atoms with E-state index in [4.69, 9.17) is 5.26 Å². The van der Waals surface area contributed by atoms with E-state index in [1.807, 2.05) is 6.07 Å². The molecule has 0 spiro atoms. The van der Waals surface area contributed by atoms with Crippen molar-refractivity contribution in [3.05, 3.63) is 33.9 Å². The van der Waals surface area contributed by atoms with Gasteiger partial charge in [0.2, 0.25) is 0 Å². The van der Waals surface area contributed by atoms with Crippen LogP contribution in [-0.2, 0) is 0 Å². The van der Waals surface area contributed by atoms with E-state index in [-0.39, 0.29) is 5.69 Å². The van der Waals surface area contributed by atoms with E-state index in [0.29, 0.717) is 17.2 Å². The van der Waals surface area contributed by atoms with Gasteiger partial charge < -0.3 is 5.32 Å². The minimum absolute atomic E-state index is 0.0483. The second kappa shape index (κ2) is 5.12. The summed E-state index contributed by atoms with van der Waals surface area (Å²) in [7, 11) is 0. The van der Waals surface area contributed by atoms with Gasteiger partial charge in [-0.25, -0.2) is 0 Å². The molecule has 0 aromatic heterocycles. The van der Waals surface area contributed by atoms with E-state index < -0.39 is 4.92 Å². The Morgan fingerprint density at radius 1 is 1.40 bits per heavy atom. The number of fused-ring (bicyclic) bond motifs is 2. The molecule has 5 nitrogen and oxygen atoms in total. The zero-order chi connectivity index (χ0) is 14.1. The molecule has 0 amide bonds. The molecule has 3 atom stereocenters. The number of nitrogens with one attached hydrogen (secondary N) is 1. The Labute approximate surface area is 117 Å². The van der Waals surface area contributed by atoms with Crippen molar-refractivity contribution >= 4 is 11.4 Å². The van der Waals surface area contributed by atoms with Crippen LogP contribution in [0.15, 0.2) is 18.2 Å². The fourth-order valence-corrected chi connectivity index (χ4v) is 3.77. The molecule has 2 fully saturated rings. The summed E-state index contributed by atoms with van der Waals surface area (Å²) in [5.41, 5.74) is 0.968. The van der Waals surface area contributed by atoms with Crippen LogP contribution in [0.2, 0.25) is 0 Å². The van der Waals surface area contributed by atoms with E-state index >= 15 is 0 Å². The van der Waals surface area contributed by atoms with Crippen LogP contribution in [0.25, 0.3) is 0 Å². The highest BCUT2D eigenvalue weighted by Gasteiger charge is 2.39. The highest BCUT2D eigenvalue weighted by atomic mass is 16.6. The molecule has 2 aliphatic carbocycles. The predicted molar refractivity (Wildman–Crippen MR) is 75.2 cm³/mol. The number of hydrogen-bond acceptors (Lipinski definition) is 4. The first-order valence-corrected chi connectivity index (χ1v) is 7.10. The predicted octanol–water partition coefficient (Wildman–Crippen LogP) is 3.31.